The number of alkyl halides is 3. The Morgan fingerprint density at radius 1 is 1.00 bits per heavy atom. The van der Waals surface area contributed by atoms with Gasteiger partial charge in [0.05, 0.1) is 26.2 Å². The lowest BCUT2D eigenvalue weighted by Gasteiger charge is -2.33. The van der Waals surface area contributed by atoms with Crippen LogP contribution in [0.2, 0.25) is 10.0 Å². The number of hydrogen-bond donors (Lipinski definition) is 0. The fraction of sp³-hybridized carbons (Fsp3) is 0.286. The van der Waals surface area contributed by atoms with E-state index in [0.29, 0.717) is 35.6 Å². The number of piperazine rings is 1. The summed E-state index contributed by atoms with van der Waals surface area (Å²) < 4.78 is 65.9. The maximum absolute atomic E-state index is 13.0. The first-order chi connectivity index (χ1) is 15.5. The van der Waals surface area contributed by atoms with Gasteiger partial charge in [-0.1, -0.05) is 35.3 Å². The van der Waals surface area contributed by atoms with E-state index < -0.39 is 21.8 Å². The van der Waals surface area contributed by atoms with Crippen molar-refractivity contribution in [2.45, 2.75) is 17.5 Å². The van der Waals surface area contributed by atoms with E-state index >= 15 is 0 Å². The Hall–Kier alpha value is -1.85. The van der Waals surface area contributed by atoms with Crippen LogP contribution in [0.25, 0.3) is 0 Å². The lowest BCUT2D eigenvalue weighted by Crippen LogP contribution is -2.48. The van der Waals surface area contributed by atoms with Crippen molar-refractivity contribution in [2.24, 2.45) is 0 Å². The second kappa shape index (κ2) is 9.42. The minimum Gasteiger partial charge on any atom is -0.345 e. The van der Waals surface area contributed by atoms with Crippen LogP contribution < -0.4 is 4.90 Å². The monoisotopic (exact) mass is 535 g/mol. The van der Waals surface area contributed by atoms with Gasteiger partial charge >= 0.3 is 6.18 Å². The van der Waals surface area contributed by atoms with Crippen molar-refractivity contribution in [3.05, 3.63) is 74.7 Å². The summed E-state index contributed by atoms with van der Waals surface area (Å²) in [4.78, 5) is 6.26. The summed E-state index contributed by atoms with van der Waals surface area (Å²) in [5, 5.41) is 3.66. The van der Waals surface area contributed by atoms with Gasteiger partial charge in [-0.25, -0.2) is 13.4 Å². The zero-order chi connectivity index (χ0) is 23.8. The third kappa shape index (κ3) is 5.46. The molecule has 0 atom stereocenters. The molecule has 0 aliphatic carbocycles. The molecular formula is C21H18Cl2F3N3O2S2. The molecule has 2 aromatic carbocycles. The highest BCUT2D eigenvalue weighted by molar-refractivity contribution is 7.89. The summed E-state index contributed by atoms with van der Waals surface area (Å²) in [5.41, 5.74) is 0.838. The van der Waals surface area contributed by atoms with Crippen molar-refractivity contribution in [2.75, 3.05) is 31.1 Å². The van der Waals surface area contributed by atoms with Gasteiger partial charge in [0.25, 0.3) is 0 Å². The van der Waals surface area contributed by atoms with Gasteiger partial charge < -0.3 is 4.90 Å². The molecule has 3 aromatic rings. The minimum absolute atomic E-state index is 0.153. The minimum atomic E-state index is -4.61. The van der Waals surface area contributed by atoms with Gasteiger partial charge in [-0.05, 0) is 35.9 Å². The Bertz CT molecular complexity index is 1260. The molecule has 0 unspecified atom stereocenters. The van der Waals surface area contributed by atoms with Crippen molar-refractivity contribution >= 4 is 49.7 Å². The molecule has 0 amide bonds. The molecule has 4 rings (SSSR count). The molecule has 33 heavy (non-hydrogen) atoms. The first-order valence-corrected chi connectivity index (χ1v) is 12.9. The number of aromatic nitrogens is 1. The molecule has 1 aliphatic heterocycles. The largest absolute Gasteiger partial charge is 0.416 e. The quantitative estimate of drug-likeness (QED) is 0.428. The van der Waals surface area contributed by atoms with Crippen LogP contribution in [-0.2, 0) is 22.6 Å². The second-order valence-corrected chi connectivity index (χ2v) is 11.1. The van der Waals surface area contributed by atoms with Crippen molar-refractivity contribution in [1.29, 1.82) is 0 Å². The maximum atomic E-state index is 13.0. The zero-order valence-electron chi connectivity index (χ0n) is 17.0. The van der Waals surface area contributed by atoms with E-state index in [1.807, 2.05) is 16.3 Å². The van der Waals surface area contributed by atoms with Gasteiger partial charge in [0, 0.05) is 38.0 Å². The first kappa shape index (κ1) is 24.3. The molecule has 1 saturated heterocycles. The molecule has 1 fully saturated rings. The molecule has 0 bridgehead atoms. The maximum Gasteiger partial charge on any atom is 0.416 e. The topological polar surface area (TPSA) is 53.5 Å². The number of rotatable bonds is 5. The van der Waals surface area contributed by atoms with Gasteiger partial charge in [-0.3, -0.25) is 0 Å². The highest BCUT2D eigenvalue weighted by Crippen LogP contribution is 2.32. The van der Waals surface area contributed by atoms with Crippen LogP contribution in [0.15, 0.2) is 52.7 Å². The van der Waals surface area contributed by atoms with Gasteiger partial charge in [0.1, 0.15) is 0 Å². The summed E-state index contributed by atoms with van der Waals surface area (Å²) in [7, 11) is -4.03. The van der Waals surface area contributed by atoms with Crippen LogP contribution in [-0.4, -0.2) is 43.9 Å². The normalized spacial score (nSPS) is 15.7. The Morgan fingerprint density at radius 3 is 2.39 bits per heavy atom. The Kier molecular flexibility index (Phi) is 6.93. The van der Waals surface area contributed by atoms with E-state index in [0.717, 1.165) is 28.5 Å². The number of sulfonamides is 1. The number of halogens is 5. The van der Waals surface area contributed by atoms with E-state index in [4.69, 9.17) is 23.2 Å². The van der Waals surface area contributed by atoms with Crippen molar-refractivity contribution in [1.82, 2.24) is 9.29 Å². The molecule has 0 saturated carbocycles. The van der Waals surface area contributed by atoms with Crippen molar-refractivity contribution < 1.29 is 21.6 Å². The molecule has 0 spiro atoms. The predicted molar refractivity (Wildman–Crippen MR) is 124 cm³/mol. The average Bonchev–Trinajstić information content (AvgIpc) is 3.24. The summed E-state index contributed by atoms with van der Waals surface area (Å²) in [6.07, 6.45) is -4.03. The van der Waals surface area contributed by atoms with Crippen LogP contribution in [0.4, 0.5) is 18.3 Å². The van der Waals surface area contributed by atoms with Crippen LogP contribution in [0.3, 0.4) is 0 Å². The van der Waals surface area contributed by atoms with E-state index in [-0.39, 0.29) is 18.0 Å². The van der Waals surface area contributed by atoms with E-state index in [1.54, 1.807) is 12.1 Å². The summed E-state index contributed by atoms with van der Waals surface area (Å²) in [6, 6.07) is 9.23. The molecule has 0 radical (unpaired) electrons. The zero-order valence-corrected chi connectivity index (χ0v) is 20.2. The van der Waals surface area contributed by atoms with E-state index in [1.165, 1.54) is 21.7 Å². The summed E-state index contributed by atoms with van der Waals surface area (Å²) >= 11 is 13.5. The van der Waals surface area contributed by atoms with Gasteiger partial charge in [-0.15, -0.1) is 11.3 Å². The van der Waals surface area contributed by atoms with Crippen molar-refractivity contribution in [3.8, 4) is 0 Å². The third-order valence-electron chi connectivity index (χ3n) is 5.22. The molecule has 12 heteroatoms. The van der Waals surface area contributed by atoms with Crippen LogP contribution in [0.5, 0.6) is 0 Å². The van der Waals surface area contributed by atoms with Crippen LogP contribution in [0, 0.1) is 0 Å². The van der Waals surface area contributed by atoms with Gasteiger partial charge in [-0.2, -0.15) is 17.5 Å². The van der Waals surface area contributed by atoms with Gasteiger partial charge in [0.2, 0.25) is 10.0 Å². The fourth-order valence-corrected chi connectivity index (χ4v) is 6.15. The molecule has 1 aliphatic rings. The molecule has 1 aromatic heterocycles. The Balaban J connectivity index is 1.41. The number of nitrogens with zero attached hydrogens (tertiary/aromatic N) is 3. The summed E-state index contributed by atoms with van der Waals surface area (Å²) in [6.45, 7) is 1.08. The number of hydrogen-bond acceptors (Lipinski definition) is 5. The highest BCUT2D eigenvalue weighted by atomic mass is 35.5. The molecule has 2 heterocycles. The Morgan fingerprint density at radius 2 is 1.73 bits per heavy atom. The second-order valence-electron chi connectivity index (χ2n) is 7.46. The average molecular weight is 536 g/mol. The molecular weight excluding hydrogens is 518 g/mol. The standard InChI is InChI=1S/C21H18Cl2F3N3O2S2/c22-18-5-4-14(11-19(18)23)10-16-13-32-20(27-16)28-6-8-29(9-7-28)33(30,31)17-3-1-2-15(12-17)21(24,25)26/h1-5,11-13H,6-10H2. The fourth-order valence-electron chi connectivity index (χ4n) is 3.48. The van der Waals surface area contributed by atoms with Gasteiger partial charge in [0.15, 0.2) is 5.13 Å². The Labute approximate surface area is 203 Å². The highest BCUT2D eigenvalue weighted by Gasteiger charge is 2.34. The molecule has 5 nitrogen and oxygen atoms in total. The molecule has 0 N–H and O–H groups in total. The van der Waals surface area contributed by atoms with E-state index in [9.17, 15) is 21.6 Å². The third-order valence-corrected chi connectivity index (χ3v) is 8.80. The van der Waals surface area contributed by atoms with Crippen molar-refractivity contribution in [3.63, 3.8) is 0 Å². The van der Waals surface area contributed by atoms with E-state index in [2.05, 4.69) is 4.98 Å². The summed E-state index contributed by atoms with van der Waals surface area (Å²) in [5.74, 6) is 0. The number of benzene rings is 2. The lowest BCUT2D eigenvalue weighted by atomic mass is 10.1. The lowest BCUT2D eigenvalue weighted by molar-refractivity contribution is -0.137. The molecule has 176 valence electrons. The SMILES string of the molecule is O=S(=O)(c1cccc(C(F)(F)F)c1)N1CCN(c2nc(Cc3ccc(Cl)c(Cl)c3)cs2)CC1. The van der Waals surface area contributed by atoms with Crippen LogP contribution in [0.1, 0.15) is 16.8 Å². The number of thiazole rings is 1. The predicted octanol–water partition coefficient (Wildman–Crippen LogP) is 5.57. The smallest absolute Gasteiger partial charge is 0.345 e. The first-order valence-electron chi connectivity index (χ1n) is 9.85. The number of anilines is 1. The van der Waals surface area contributed by atoms with Crippen LogP contribution >= 0.6 is 34.5 Å².